The summed E-state index contributed by atoms with van der Waals surface area (Å²) in [6, 6.07) is 0. The van der Waals surface area contributed by atoms with Crippen LogP contribution in [0.2, 0.25) is 0 Å². The Morgan fingerprint density at radius 3 is 2.38 bits per heavy atom. The molecule has 0 bridgehead atoms. The van der Waals surface area contributed by atoms with Gasteiger partial charge in [-0.25, -0.2) is 0 Å². The molecule has 0 rings (SSSR count). The second-order valence-corrected chi connectivity index (χ2v) is 2.23. The third-order valence-corrected chi connectivity index (χ3v) is 1.01. The van der Waals surface area contributed by atoms with Gasteiger partial charge in [0, 0.05) is 30.7 Å². The minimum Gasteiger partial charge on any atom is -0.532 e. The van der Waals surface area contributed by atoms with Crippen LogP contribution in [0, 0.1) is 6.42 Å². The van der Waals surface area contributed by atoms with Gasteiger partial charge < -0.3 is 9.90 Å². The van der Waals surface area contributed by atoms with E-state index in [1.807, 2.05) is 0 Å². The first-order chi connectivity index (χ1) is 6.13. The number of hydrogen-bond acceptors (Lipinski definition) is 3. The Hall–Kier alpha value is -1.77. The second-order valence-electron chi connectivity index (χ2n) is 2.23. The molecule has 0 fully saturated rings. The number of carboxylic acid groups (broad SMARTS) is 1. The highest BCUT2D eigenvalue weighted by molar-refractivity contribution is 5.87. The highest BCUT2D eigenvalue weighted by Crippen LogP contribution is 1.85. The number of carbonyl (C=O) groups excluding carboxylic acids is 2. The predicted octanol–water partition coefficient (Wildman–Crippen LogP) is 0.198. The van der Waals surface area contributed by atoms with Crippen LogP contribution in [0.25, 0.3) is 0 Å². The molecule has 0 saturated carbocycles. The van der Waals surface area contributed by atoms with Gasteiger partial charge in [0.2, 0.25) is 0 Å². The molecule has 0 aliphatic carbocycles. The van der Waals surface area contributed by atoms with E-state index in [2.05, 4.69) is 0 Å². The summed E-state index contributed by atoms with van der Waals surface area (Å²) in [4.78, 5) is 20.3. The molecule has 0 spiro atoms. The molecule has 0 aliphatic rings. The van der Waals surface area contributed by atoms with Crippen molar-refractivity contribution in [1.82, 2.24) is 0 Å². The zero-order valence-corrected chi connectivity index (χ0v) is 7.27. The number of rotatable bonds is 5. The second kappa shape index (κ2) is 6.91. The van der Waals surface area contributed by atoms with Crippen molar-refractivity contribution < 1.29 is 14.7 Å². The first kappa shape index (κ1) is 11.2. The molecule has 68 valence electrons. The minimum atomic E-state index is -1.23. The average Bonchev–Trinajstić information content (AvgIpc) is 2.01. The normalized spacial score (nSPS) is 11.5. The van der Waals surface area contributed by atoms with Crippen LogP contribution in [-0.4, -0.2) is 11.8 Å². The summed E-state index contributed by atoms with van der Waals surface area (Å²) in [5.41, 5.74) is 0. The molecular weight excluding hydrogens is 168 g/mol. The van der Waals surface area contributed by atoms with E-state index < -0.39 is 5.97 Å². The van der Waals surface area contributed by atoms with E-state index >= 15 is 0 Å². The van der Waals surface area contributed by atoms with Gasteiger partial charge >= 0.3 is 0 Å². The van der Waals surface area contributed by atoms with E-state index in [4.69, 9.17) is 0 Å². The van der Waals surface area contributed by atoms with Crippen molar-refractivity contribution >= 4 is 11.8 Å². The van der Waals surface area contributed by atoms with E-state index in [0.29, 0.717) is 0 Å². The van der Waals surface area contributed by atoms with Gasteiger partial charge in [0.1, 0.15) is 5.97 Å². The van der Waals surface area contributed by atoms with Crippen LogP contribution in [0.1, 0.15) is 6.92 Å². The first-order valence-electron chi connectivity index (χ1n) is 3.69. The molecule has 0 saturated heterocycles. The van der Waals surface area contributed by atoms with Crippen molar-refractivity contribution in [2.45, 2.75) is 6.92 Å². The number of ketones is 1. The Morgan fingerprint density at radius 2 is 1.85 bits per heavy atom. The maximum Gasteiger partial charge on any atom is 0.153 e. The molecule has 0 aromatic heterocycles. The lowest BCUT2D eigenvalue weighted by atomic mass is 10.3. The van der Waals surface area contributed by atoms with Gasteiger partial charge in [0.15, 0.2) is 5.78 Å². The smallest absolute Gasteiger partial charge is 0.153 e. The Kier molecular flexibility index (Phi) is 5.97. The lowest BCUT2D eigenvalue weighted by molar-refractivity contribution is -0.297. The molecule has 0 radical (unpaired) electrons. The van der Waals surface area contributed by atoms with Crippen molar-refractivity contribution in [3.05, 3.63) is 42.9 Å². The third-order valence-electron chi connectivity index (χ3n) is 1.01. The molecule has 0 aromatic rings. The maximum atomic E-state index is 10.4. The van der Waals surface area contributed by atoms with Gasteiger partial charge in [0.05, 0.1) is 0 Å². The summed E-state index contributed by atoms with van der Waals surface area (Å²) in [6.45, 7) is 1.45. The molecule has 3 heteroatoms. The highest BCUT2D eigenvalue weighted by Gasteiger charge is 1.81. The van der Waals surface area contributed by atoms with E-state index in [9.17, 15) is 14.7 Å². The zero-order valence-electron chi connectivity index (χ0n) is 7.27. The summed E-state index contributed by atoms with van der Waals surface area (Å²) in [7, 11) is 0. The molecule has 0 unspecified atom stereocenters. The average molecular weight is 178 g/mol. The maximum absolute atomic E-state index is 10.4. The van der Waals surface area contributed by atoms with Crippen molar-refractivity contribution in [2.24, 2.45) is 0 Å². The topological polar surface area (TPSA) is 57.2 Å². The van der Waals surface area contributed by atoms with Gasteiger partial charge in [-0.05, 0) is 19.1 Å². The summed E-state index contributed by atoms with van der Waals surface area (Å²) in [5, 5.41) is 9.88. The molecule has 0 heterocycles. The van der Waals surface area contributed by atoms with Gasteiger partial charge in [-0.15, -0.1) is 0 Å². The van der Waals surface area contributed by atoms with Gasteiger partial charge in [0.25, 0.3) is 0 Å². The molecule has 0 amide bonds. The summed E-state index contributed by atoms with van der Waals surface area (Å²) < 4.78 is 0. The number of allylic oxidation sites excluding steroid dienone is 5. The third kappa shape index (κ3) is 10.2. The summed E-state index contributed by atoms with van der Waals surface area (Å²) in [6.07, 6.45) is 10.0. The van der Waals surface area contributed by atoms with E-state index in [0.717, 1.165) is 6.08 Å². The lowest BCUT2D eigenvalue weighted by Gasteiger charge is -1.80. The van der Waals surface area contributed by atoms with Crippen molar-refractivity contribution in [2.75, 3.05) is 0 Å². The van der Waals surface area contributed by atoms with Crippen molar-refractivity contribution in [1.29, 1.82) is 0 Å². The van der Waals surface area contributed by atoms with Crippen LogP contribution in [0.15, 0.2) is 36.5 Å². The molecule has 0 aromatic carbocycles. The fraction of sp³-hybridized carbons (Fsp3) is 0.100. The van der Waals surface area contributed by atoms with Crippen LogP contribution in [0.3, 0.4) is 0 Å². The molecule has 0 atom stereocenters. The van der Waals surface area contributed by atoms with Crippen molar-refractivity contribution in [3.8, 4) is 0 Å². The molecule has 0 aliphatic heterocycles. The standard InChI is InChI=1S/C10H10O3/c1-9(11)7-5-3-2-4-6-8-10(12)13/h2-8H,1H3. The van der Waals surface area contributed by atoms with Crippen LogP contribution >= 0.6 is 0 Å². The summed E-state index contributed by atoms with van der Waals surface area (Å²) in [5.74, 6) is -1.26. The predicted molar refractivity (Wildman–Crippen MR) is 47.4 cm³/mol. The number of carbonyl (C=O) groups is 2. The molecule has 3 nitrogen and oxygen atoms in total. The Balaban J connectivity index is 3.65. The van der Waals surface area contributed by atoms with Gasteiger partial charge in [-0.2, -0.15) is 0 Å². The van der Waals surface area contributed by atoms with Crippen LogP contribution in [0.4, 0.5) is 0 Å². The van der Waals surface area contributed by atoms with Crippen LogP contribution < -0.4 is 5.11 Å². The van der Waals surface area contributed by atoms with Crippen LogP contribution in [-0.2, 0) is 9.59 Å². The number of aliphatic carboxylic acids is 1. The molecule has 0 N–H and O–H groups in total. The largest absolute Gasteiger partial charge is 0.532 e. The fourth-order valence-electron chi connectivity index (χ4n) is 0.518. The highest BCUT2D eigenvalue weighted by atomic mass is 16.4. The number of hydrogen-bond donors (Lipinski definition) is 0. The number of carboxylic acids is 1. The van der Waals surface area contributed by atoms with E-state index in [-0.39, 0.29) is 5.78 Å². The summed E-state index contributed by atoms with van der Waals surface area (Å²) >= 11 is 0. The first-order valence-corrected chi connectivity index (χ1v) is 3.69. The SMILES string of the molecule is CC(=O)C=CC=C[CH+]C=CC(=O)[O-]. The van der Waals surface area contributed by atoms with Crippen molar-refractivity contribution in [3.63, 3.8) is 0 Å². The lowest BCUT2D eigenvalue weighted by Crippen LogP contribution is -2.18. The Bertz CT molecular complexity index is 259. The van der Waals surface area contributed by atoms with Gasteiger partial charge in [-0.3, -0.25) is 4.79 Å². The zero-order chi connectivity index (χ0) is 10.1. The molecular formula is C10H10O3. The quantitative estimate of drug-likeness (QED) is 0.343. The fourth-order valence-corrected chi connectivity index (χ4v) is 0.518. The van der Waals surface area contributed by atoms with E-state index in [1.165, 1.54) is 25.5 Å². The Labute approximate surface area is 77.1 Å². The van der Waals surface area contributed by atoms with Gasteiger partial charge in [-0.1, -0.05) is 0 Å². The minimum absolute atomic E-state index is 0.0325. The monoisotopic (exact) mass is 178 g/mol. The van der Waals surface area contributed by atoms with E-state index in [1.54, 1.807) is 18.2 Å². The molecule has 13 heavy (non-hydrogen) atoms. The van der Waals surface area contributed by atoms with Crippen LogP contribution in [0.5, 0.6) is 0 Å². The Morgan fingerprint density at radius 1 is 1.15 bits per heavy atom.